The highest BCUT2D eigenvalue weighted by Crippen LogP contribution is 2.15. The molecule has 134 valence electrons. The molecule has 0 aliphatic carbocycles. The molecule has 25 heavy (non-hydrogen) atoms. The van der Waals surface area contributed by atoms with Crippen LogP contribution >= 0.6 is 0 Å². The standard InChI is InChI=1S/C13H15N5O6S/c1-25(23,24)8-11(12(19)15-7-6-14)17-13(20)16-9-2-4-10(5-3-9)18(21)22/h2-5,11H,7-8H2,1H3,(H,15,19)(H2,16,17,20). The Bertz CT molecular complexity index is 799. The smallest absolute Gasteiger partial charge is 0.319 e. The van der Waals surface area contributed by atoms with Gasteiger partial charge in [0.1, 0.15) is 22.4 Å². The van der Waals surface area contributed by atoms with Crippen molar-refractivity contribution in [3.05, 3.63) is 34.4 Å². The molecule has 0 radical (unpaired) electrons. The van der Waals surface area contributed by atoms with Crippen molar-refractivity contribution in [2.75, 3.05) is 23.9 Å². The quantitative estimate of drug-likeness (QED) is 0.338. The molecule has 0 heterocycles. The van der Waals surface area contributed by atoms with Gasteiger partial charge in [-0.15, -0.1) is 0 Å². The zero-order chi connectivity index (χ0) is 19.0. The molecule has 3 amide bonds. The number of sulfone groups is 1. The summed E-state index contributed by atoms with van der Waals surface area (Å²) in [5, 5.41) is 25.7. The van der Waals surface area contributed by atoms with E-state index in [1.54, 1.807) is 6.07 Å². The van der Waals surface area contributed by atoms with Crippen molar-refractivity contribution in [2.24, 2.45) is 0 Å². The molecule has 11 nitrogen and oxygen atoms in total. The van der Waals surface area contributed by atoms with Gasteiger partial charge < -0.3 is 16.0 Å². The van der Waals surface area contributed by atoms with Gasteiger partial charge in [-0.1, -0.05) is 0 Å². The molecule has 12 heteroatoms. The van der Waals surface area contributed by atoms with Crippen molar-refractivity contribution in [1.29, 1.82) is 5.26 Å². The van der Waals surface area contributed by atoms with Crippen molar-refractivity contribution >= 4 is 33.2 Å². The van der Waals surface area contributed by atoms with E-state index in [-0.39, 0.29) is 17.9 Å². The van der Waals surface area contributed by atoms with E-state index in [9.17, 15) is 28.1 Å². The van der Waals surface area contributed by atoms with Crippen LogP contribution in [-0.2, 0) is 14.6 Å². The molecule has 1 aromatic carbocycles. The van der Waals surface area contributed by atoms with Crippen LogP contribution in [0.2, 0.25) is 0 Å². The van der Waals surface area contributed by atoms with Crippen molar-refractivity contribution in [3.8, 4) is 6.07 Å². The molecule has 1 aromatic rings. The predicted molar refractivity (Wildman–Crippen MR) is 87.4 cm³/mol. The highest BCUT2D eigenvalue weighted by molar-refractivity contribution is 7.90. The third kappa shape index (κ3) is 7.27. The molecule has 0 aliphatic heterocycles. The normalized spacial score (nSPS) is 11.7. The third-order valence-electron chi connectivity index (χ3n) is 2.77. The highest BCUT2D eigenvalue weighted by Gasteiger charge is 2.25. The van der Waals surface area contributed by atoms with Crippen LogP contribution in [0.3, 0.4) is 0 Å². The topological polar surface area (TPSA) is 171 Å². The average Bonchev–Trinajstić information content (AvgIpc) is 2.51. The van der Waals surface area contributed by atoms with Crippen LogP contribution in [-0.4, -0.2) is 49.9 Å². The maximum Gasteiger partial charge on any atom is 0.319 e. The summed E-state index contributed by atoms with van der Waals surface area (Å²) >= 11 is 0. The lowest BCUT2D eigenvalue weighted by atomic mass is 10.3. The minimum absolute atomic E-state index is 0.170. The molecule has 1 atom stereocenters. The molecule has 0 saturated carbocycles. The van der Waals surface area contributed by atoms with Crippen molar-refractivity contribution in [2.45, 2.75) is 6.04 Å². The number of carbonyl (C=O) groups is 2. The van der Waals surface area contributed by atoms with Gasteiger partial charge in [-0.2, -0.15) is 5.26 Å². The molecule has 0 aliphatic rings. The van der Waals surface area contributed by atoms with Crippen molar-refractivity contribution < 1.29 is 22.9 Å². The highest BCUT2D eigenvalue weighted by atomic mass is 32.2. The zero-order valence-corrected chi connectivity index (χ0v) is 13.9. The van der Waals surface area contributed by atoms with Gasteiger partial charge in [-0.25, -0.2) is 13.2 Å². The number of nitro benzene ring substituents is 1. The number of benzene rings is 1. The van der Waals surface area contributed by atoms with Gasteiger partial charge in [0.05, 0.1) is 16.7 Å². The largest absolute Gasteiger partial charge is 0.341 e. The van der Waals surface area contributed by atoms with Gasteiger partial charge >= 0.3 is 6.03 Å². The van der Waals surface area contributed by atoms with Gasteiger partial charge in [0.2, 0.25) is 5.91 Å². The van der Waals surface area contributed by atoms with Gasteiger partial charge in [0.15, 0.2) is 0 Å². The third-order valence-corrected chi connectivity index (χ3v) is 3.71. The SMILES string of the molecule is CS(=O)(=O)CC(NC(=O)Nc1ccc([N+](=O)[O-])cc1)C(=O)NCC#N. The summed E-state index contributed by atoms with van der Waals surface area (Å²) in [6, 6.07) is 4.27. The van der Waals surface area contributed by atoms with Crippen LogP contribution in [0.4, 0.5) is 16.2 Å². The Labute approximate surface area is 143 Å². The van der Waals surface area contributed by atoms with E-state index in [2.05, 4.69) is 16.0 Å². The van der Waals surface area contributed by atoms with E-state index in [1.807, 2.05) is 0 Å². The van der Waals surface area contributed by atoms with Gasteiger partial charge in [-0.3, -0.25) is 14.9 Å². The Morgan fingerprint density at radius 2 is 1.92 bits per heavy atom. The Balaban J connectivity index is 2.78. The molecule has 1 unspecified atom stereocenters. The van der Waals surface area contributed by atoms with E-state index in [4.69, 9.17) is 5.26 Å². The molecule has 0 aromatic heterocycles. The molecule has 0 bridgehead atoms. The number of carbonyl (C=O) groups excluding carboxylic acids is 2. The summed E-state index contributed by atoms with van der Waals surface area (Å²) in [4.78, 5) is 33.7. The minimum atomic E-state index is -3.59. The maximum absolute atomic E-state index is 11.9. The van der Waals surface area contributed by atoms with Gasteiger partial charge in [0, 0.05) is 24.1 Å². The lowest BCUT2D eigenvalue weighted by Gasteiger charge is -2.17. The van der Waals surface area contributed by atoms with Gasteiger partial charge in [-0.05, 0) is 12.1 Å². The van der Waals surface area contributed by atoms with Crippen molar-refractivity contribution in [1.82, 2.24) is 10.6 Å². The first-order valence-corrected chi connectivity index (χ1v) is 8.83. The van der Waals surface area contributed by atoms with Crippen LogP contribution < -0.4 is 16.0 Å². The number of anilines is 1. The number of urea groups is 1. The summed E-state index contributed by atoms with van der Waals surface area (Å²) < 4.78 is 22.8. The number of nitriles is 1. The number of nitro groups is 1. The van der Waals surface area contributed by atoms with Crippen LogP contribution in [0, 0.1) is 21.4 Å². The zero-order valence-electron chi connectivity index (χ0n) is 13.1. The van der Waals surface area contributed by atoms with E-state index in [1.165, 1.54) is 24.3 Å². The first-order valence-electron chi connectivity index (χ1n) is 6.76. The van der Waals surface area contributed by atoms with Crippen LogP contribution in [0.5, 0.6) is 0 Å². The van der Waals surface area contributed by atoms with Crippen LogP contribution in [0.1, 0.15) is 0 Å². The predicted octanol–water partition coefficient (Wildman–Crippen LogP) is -0.231. The van der Waals surface area contributed by atoms with Crippen LogP contribution in [0.25, 0.3) is 0 Å². The van der Waals surface area contributed by atoms with E-state index in [0.29, 0.717) is 0 Å². The van der Waals surface area contributed by atoms with E-state index in [0.717, 1.165) is 6.26 Å². The Morgan fingerprint density at radius 3 is 2.40 bits per heavy atom. The second-order valence-electron chi connectivity index (χ2n) is 4.92. The lowest BCUT2D eigenvalue weighted by Crippen LogP contribution is -2.51. The lowest BCUT2D eigenvalue weighted by molar-refractivity contribution is -0.384. The monoisotopic (exact) mass is 369 g/mol. The molecule has 0 fully saturated rings. The number of nitrogens with zero attached hydrogens (tertiary/aromatic N) is 2. The fourth-order valence-electron chi connectivity index (χ4n) is 1.73. The summed E-state index contributed by atoms with van der Waals surface area (Å²) in [6.07, 6.45) is 0.896. The number of hydrogen-bond donors (Lipinski definition) is 3. The summed E-state index contributed by atoms with van der Waals surface area (Å²) in [7, 11) is -3.59. The fraction of sp³-hybridized carbons (Fsp3) is 0.308. The Kier molecular flexibility index (Phi) is 6.82. The van der Waals surface area contributed by atoms with Crippen molar-refractivity contribution in [3.63, 3.8) is 0 Å². The number of non-ortho nitro benzene ring substituents is 1. The maximum atomic E-state index is 11.9. The second-order valence-corrected chi connectivity index (χ2v) is 7.11. The fourth-order valence-corrected chi connectivity index (χ4v) is 2.57. The minimum Gasteiger partial charge on any atom is -0.341 e. The summed E-state index contributed by atoms with van der Waals surface area (Å²) in [5.41, 5.74) is 0.0374. The summed E-state index contributed by atoms with van der Waals surface area (Å²) in [5.74, 6) is -1.48. The average molecular weight is 369 g/mol. The van der Waals surface area contributed by atoms with Crippen LogP contribution in [0.15, 0.2) is 24.3 Å². The number of rotatable bonds is 7. The summed E-state index contributed by atoms with van der Waals surface area (Å²) in [6.45, 7) is -0.343. The second kappa shape index (κ2) is 8.60. The first kappa shape index (κ1) is 19.8. The molecule has 0 spiro atoms. The Morgan fingerprint density at radius 1 is 1.32 bits per heavy atom. The number of nitrogens with one attached hydrogen (secondary N) is 3. The molecule has 0 saturated heterocycles. The molecule has 1 rings (SSSR count). The molecular formula is C13H15N5O6S. The first-order chi connectivity index (χ1) is 11.6. The van der Waals surface area contributed by atoms with E-state index < -0.39 is 38.5 Å². The molecular weight excluding hydrogens is 354 g/mol. The van der Waals surface area contributed by atoms with Gasteiger partial charge in [0.25, 0.3) is 5.69 Å². The number of hydrogen-bond acceptors (Lipinski definition) is 7. The molecule has 3 N–H and O–H groups in total. The Hall–Kier alpha value is -3.20. The number of amides is 3. The van der Waals surface area contributed by atoms with E-state index >= 15 is 0 Å².